The Labute approximate surface area is 140 Å². The van der Waals surface area contributed by atoms with Crippen LogP contribution in [0.15, 0.2) is 48.1 Å². The second-order valence-electron chi connectivity index (χ2n) is 6.40. The van der Waals surface area contributed by atoms with Crippen LogP contribution in [0.3, 0.4) is 0 Å². The lowest BCUT2D eigenvalue weighted by Gasteiger charge is -2.02. The molecule has 0 saturated heterocycles. The van der Waals surface area contributed by atoms with Crippen molar-refractivity contribution in [2.24, 2.45) is 0 Å². The molecule has 0 unspecified atom stereocenters. The molecule has 0 heterocycles. The normalized spacial score (nSPS) is 13.0. The topological polar surface area (TPSA) is 0 Å². The van der Waals surface area contributed by atoms with Gasteiger partial charge >= 0.3 is 0 Å². The van der Waals surface area contributed by atoms with Crippen LogP contribution in [0.5, 0.6) is 0 Å². The Balaban J connectivity index is 3.65. The molecule has 0 aliphatic rings. The Morgan fingerprint density at radius 1 is 0.773 bits per heavy atom. The quantitative estimate of drug-likeness (QED) is 0.173. The summed E-state index contributed by atoms with van der Waals surface area (Å²) in [5.41, 5.74) is 3.12. The summed E-state index contributed by atoms with van der Waals surface area (Å²) < 4.78 is 0. The van der Waals surface area contributed by atoms with Gasteiger partial charge in [-0.25, -0.2) is 0 Å². The second-order valence-corrected chi connectivity index (χ2v) is 6.40. The van der Waals surface area contributed by atoms with E-state index in [9.17, 15) is 0 Å². The molecule has 0 nitrogen and oxygen atoms in total. The average Bonchev–Trinajstić information content (AvgIpc) is 2.51. The van der Waals surface area contributed by atoms with Gasteiger partial charge in [0.1, 0.15) is 0 Å². The lowest BCUT2D eigenvalue weighted by Crippen LogP contribution is -1.82. The van der Waals surface area contributed by atoms with Gasteiger partial charge in [0, 0.05) is 0 Å². The van der Waals surface area contributed by atoms with Crippen molar-refractivity contribution in [3.63, 3.8) is 0 Å². The van der Waals surface area contributed by atoms with Crippen molar-refractivity contribution in [1.82, 2.24) is 0 Å². The molecule has 0 atom stereocenters. The number of unbranched alkanes of at least 4 members (excludes halogenated alkanes) is 6. The van der Waals surface area contributed by atoms with Gasteiger partial charge in [-0.2, -0.15) is 0 Å². The van der Waals surface area contributed by atoms with E-state index >= 15 is 0 Å². The van der Waals surface area contributed by atoms with Crippen molar-refractivity contribution in [3.8, 4) is 0 Å². The third-order valence-corrected chi connectivity index (χ3v) is 4.04. The highest BCUT2D eigenvalue weighted by atomic mass is 14.0. The van der Waals surface area contributed by atoms with Crippen molar-refractivity contribution in [3.05, 3.63) is 48.1 Å². The first-order chi connectivity index (χ1) is 10.7. The van der Waals surface area contributed by atoms with Crippen LogP contribution < -0.4 is 0 Å². The van der Waals surface area contributed by atoms with Gasteiger partial charge < -0.3 is 0 Å². The Morgan fingerprint density at radius 2 is 1.36 bits per heavy atom. The van der Waals surface area contributed by atoms with E-state index in [0.29, 0.717) is 0 Å². The molecule has 0 aromatic heterocycles. The maximum absolute atomic E-state index is 3.69. The molecule has 0 saturated carbocycles. The number of allylic oxidation sites excluding steroid dienone is 7. The maximum atomic E-state index is 3.69. The van der Waals surface area contributed by atoms with Crippen LogP contribution in [-0.4, -0.2) is 0 Å². The van der Waals surface area contributed by atoms with Gasteiger partial charge in [0.05, 0.1) is 0 Å². The standard InChI is InChI=1S/C22H38/c1-5-7-9-11-13-17-21(3)19-15-16-20-22(4)18-14-12-10-8-6-2/h5,7,9,19-20H,1,6,8,10-18H2,2-4H3. The molecule has 0 fully saturated rings. The minimum absolute atomic E-state index is 1.16. The van der Waals surface area contributed by atoms with Gasteiger partial charge in [-0.1, -0.05) is 80.7 Å². The first-order valence-corrected chi connectivity index (χ1v) is 9.29. The predicted molar refractivity (Wildman–Crippen MR) is 103 cm³/mol. The van der Waals surface area contributed by atoms with Crippen LogP contribution in [0.2, 0.25) is 0 Å². The molecule has 126 valence electrons. The zero-order chi connectivity index (χ0) is 16.5. The average molecular weight is 303 g/mol. The predicted octanol–water partition coefficient (Wildman–Crippen LogP) is 7.93. The molecular weight excluding hydrogens is 264 g/mol. The van der Waals surface area contributed by atoms with E-state index in [4.69, 9.17) is 0 Å². The van der Waals surface area contributed by atoms with E-state index in [2.05, 4.69) is 45.6 Å². The highest BCUT2D eigenvalue weighted by Crippen LogP contribution is 2.13. The van der Waals surface area contributed by atoms with Gasteiger partial charge in [-0.3, -0.25) is 0 Å². The second kappa shape index (κ2) is 16.3. The van der Waals surface area contributed by atoms with E-state index in [0.717, 1.165) is 6.42 Å². The van der Waals surface area contributed by atoms with Crippen LogP contribution in [-0.2, 0) is 0 Å². The third kappa shape index (κ3) is 15.4. The number of hydrogen-bond acceptors (Lipinski definition) is 0. The molecule has 0 N–H and O–H groups in total. The fourth-order valence-corrected chi connectivity index (χ4v) is 2.56. The molecule has 0 aliphatic heterocycles. The van der Waals surface area contributed by atoms with Crippen LogP contribution >= 0.6 is 0 Å². The summed E-state index contributed by atoms with van der Waals surface area (Å²) in [5.74, 6) is 0. The minimum Gasteiger partial charge on any atom is -0.0991 e. The molecule has 0 heteroatoms. The van der Waals surface area contributed by atoms with Crippen molar-refractivity contribution in [2.75, 3.05) is 0 Å². The zero-order valence-electron chi connectivity index (χ0n) is 15.4. The van der Waals surface area contributed by atoms with Crippen molar-refractivity contribution in [1.29, 1.82) is 0 Å². The van der Waals surface area contributed by atoms with Gasteiger partial charge in [-0.15, -0.1) is 0 Å². The fourth-order valence-electron chi connectivity index (χ4n) is 2.56. The lowest BCUT2D eigenvalue weighted by molar-refractivity contribution is 0.630. The molecule has 22 heavy (non-hydrogen) atoms. The number of hydrogen-bond donors (Lipinski definition) is 0. The van der Waals surface area contributed by atoms with Gasteiger partial charge in [0.15, 0.2) is 0 Å². The molecule has 0 aromatic carbocycles. The lowest BCUT2D eigenvalue weighted by atomic mass is 10.0. The molecule has 0 aliphatic carbocycles. The number of rotatable bonds is 14. The van der Waals surface area contributed by atoms with E-state index in [1.807, 2.05) is 12.2 Å². The third-order valence-electron chi connectivity index (χ3n) is 4.04. The van der Waals surface area contributed by atoms with Crippen LogP contribution in [0.4, 0.5) is 0 Å². The monoisotopic (exact) mass is 302 g/mol. The fraction of sp³-hybridized carbons (Fsp3) is 0.636. The summed E-state index contributed by atoms with van der Waals surface area (Å²) in [6, 6.07) is 0. The van der Waals surface area contributed by atoms with Gasteiger partial charge in [-0.05, 0) is 58.8 Å². The first-order valence-electron chi connectivity index (χ1n) is 9.29. The van der Waals surface area contributed by atoms with Crippen LogP contribution in [0.1, 0.15) is 91.4 Å². The summed E-state index contributed by atoms with van der Waals surface area (Å²) >= 11 is 0. The SMILES string of the molecule is C=CC=CCCCC(C)=CCCC=C(C)CCCCCCC. The van der Waals surface area contributed by atoms with Gasteiger partial charge in [0.25, 0.3) is 0 Å². The largest absolute Gasteiger partial charge is 0.0991 e. The maximum Gasteiger partial charge on any atom is -0.0313 e. The Bertz CT molecular complexity index is 341. The summed E-state index contributed by atoms with van der Waals surface area (Å²) in [6.07, 6.45) is 25.2. The first kappa shape index (κ1) is 21.0. The van der Waals surface area contributed by atoms with E-state index in [1.54, 1.807) is 5.57 Å². The smallest absolute Gasteiger partial charge is 0.0313 e. The van der Waals surface area contributed by atoms with E-state index in [1.165, 1.54) is 69.8 Å². The summed E-state index contributed by atoms with van der Waals surface area (Å²) in [5, 5.41) is 0. The highest BCUT2D eigenvalue weighted by molar-refractivity contribution is 5.03. The molecule has 0 aromatic rings. The molecule has 0 spiro atoms. The van der Waals surface area contributed by atoms with E-state index in [-0.39, 0.29) is 0 Å². The molecule has 0 bridgehead atoms. The summed E-state index contributed by atoms with van der Waals surface area (Å²) in [7, 11) is 0. The Morgan fingerprint density at radius 3 is 1.95 bits per heavy atom. The summed E-state index contributed by atoms with van der Waals surface area (Å²) in [6.45, 7) is 10.5. The Hall–Kier alpha value is -1.04. The highest BCUT2D eigenvalue weighted by Gasteiger charge is 1.93. The Kier molecular flexibility index (Phi) is 15.6. The van der Waals surface area contributed by atoms with Crippen LogP contribution in [0.25, 0.3) is 0 Å². The molecular formula is C22H38. The van der Waals surface area contributed by atoms with E-state index < -0.39 is 0 Å². The zero-order valence-corrected chi connectivity index (χ0v) is 15.4. The van der Waals surface area contributed by atoms with Crippen LogP contribution in [0, 0.1) is 0 Å². The van der Waals surface area contributed by atoms with Crippen molar-refractivity contribution < 1.29 is 0 Å². The van der Waals surface area contributed by atoms with Crippen molar-refractivity contribution >= 4 is 0 Å². The van der Waals surface area contributed by atoms with Gasteiger partial charge in [0.2, 0.25) is 0 Å². The minimum atomic E-state index is 1.16. The molecule has 0 radical (unpaired) electrons. The summed E-state index contributed by atoms with van der Waals surface area (Å²) in [4.78, 5) is 0. The van der Waals surface area contributed by atoms with Crippen molar-refractivity contribution in [2.45, 2.75) is 91.4 Å². The molecule has 0 amide bonds. The molecule has 0 rings (SSSR count).